The fraction of sp³-hybridized carbons (Fsp3) is 0.100. The molecule has 0 saturated carbocycles. The van der Waals surface area contributed by atoms with Crippen LogP contribution < -0.4 is 10.6 Å². The van der Waals surface area contributed by atoms with Gasteiger partial charge in [0.1, 0.15) is 0 Å². The lowest BCUT2D eigenvalue weighted by Crippen LogP contribution is -2.14. The van der Waals surface area contributed by atoms with Gasteiger partial charge in [-0.3, -0.25) is 9.59 Å². The van der Waals surface area contributed by atoms with Crippen LogP contribution >= 0.6 is 11.3 Å². The number of carbonyl (C=O) groups excluding carboxylic acids is 2. The summed E-state index contributed by atoms with van der Waals surface area (Å²) in [6, 6.07) is 14.1. The normalized spacial score (nSPS) is 11.1. The van der Waals surface area contributed by atoms with Gasteiger partial charge in [-0.25, -0.2) is 0 Å². The fourth-order valence-corrected chi connectivity index (χ4v) is 3.23. The first-order chi connectivity index (χ1) is 13.2. The standard InChI is InChI=1S/C20H15F3N2O2S/c1-12-8-9-17(28-12)19(27)25-15-6-2-4-13(10-15)18(26)24-16-7-3-5-14(11-16)20(21,22)23/h2-11H,1H3,(H,24,26)(H,25,27). The SMILES string of the molecule is Cc1ccc(C(=O)Nc2cccc(C(=O)Nc3cccc(C(F)(F)F)c3)c2)s1. The van der Waals surface area contributed by atoms with Crippen LogP contribution in [0, 0.1) is 6.92 Å². The zero-order valence-corrected chi connectivity index (χ0v) is 15.4. The molecule has 2 aromatic carbocycles. The molecule has 4 nitrogen and oxygen atoms in total. The highest BCUT2D eigenvalue weighted by Gasteiger charge is 2.30. The van der Waals surface area contributed by atoms with Crippen molar-refractivity contribution in [3.8, 4) is 0 Å². The molecule has 0 aliphatic carbocycles. The van der Waals surface area contributed by atoms with Crippen LogP contribution in [-0.2, 0) is 6.18 Å². The van der Waals surface area contributed by atoms with Gasteiger partial charge in [0.2, 0.25) is 0 Å². The van der Waals surface area contributed by atoms with E-state index in [4.69, 9.17) is 0 Å². The summed E-state index contributed by atoms with van der Waals surface area (Å²) >= 11 is 1.35. The van der Waals surface area contributed by atoms with Crippen molar-refractivity contribution >= 4 is 34.5 Å². The Hall–Kier alpha value is -3.13. The summed E-state index contributed by atoms with van der Waals surface area (Å²) in [4.78, 5) is 26.1. The third kappa shape index (κ3) is 4.77. The van der Waals surface area contributed by atoms with E-state index < -0.39 is 17.6 Å². The Balaban J connectivity index is 1.73. The number of aryl methyl sites for hydroxylation is 1. The van der Waals surface area contributed by atoms with Crippen LogP contribution in [0.3, 0.4) is 0 Å². The first-order valence-corrected chi connectivity index (χ1v) is 9.00. The summed E-state index contributed by atoms with van der Waals surface area (Å²) in [5, 5.41) is 5.14. The van der Waals surface area contributed by atoms with Gasteiger partial charge in [0.15, 0.2) is 0 Å². The minimum atomic E-state index is -4.49. The van der Waals surface area contributed by atoms with E-state index in [1.807, 2.05) is 13.0 Å². The van der Waals surface area contributed by atoms with Gasteiger partial charge in [-0.15, -0.1) is 11.3 Å². The van der Waals surface area contributed by atoms with Gasteiger partial charge in [0.25, 0.3) is 11.8 Å². The maximum absolute atomic E-state index is 12.8. The third-order valence-corrected chi connectivity index (χ3v) is 4.79. The molecule has 2 N–H and O–H groups in total. The average Bonchev–Trinajstić information content (AvgIpc) is 3.08. The molecule has 144 valence electrons. The van der Waals surface area contributed by atoms with Crippen LogP contribution in [0.2, 0.25) is 0 Å². The number of hydrogen-bond donors (Lipinski definition) is 2. The molecular weight excluding hydrogens is 389 g/mol. The molecule has 0 radical (unpaired) electrons. The molecule has 0 unspecified atom stereocenters. The van der Waals surface area contributed by atoms with Crippen molar-refractivity contribution < 1.29 is 22.8 Å². The maximum Gasteiger partial charge on any atom is 0.416 e. The van der Waals surface area contributed by atoms with Crippen LogP contribution in [0.1, 0.15) is 30.5 Å². The van der Waals surface area contributed by atoms with E-state index >= 15 is 0 Å². The molecule has 0 fully saturated rings. The molecular formula is C20H15F3N2O2S. The number of rotatable bonds is 4. The number of amides is 2. The zero-order valence-electron chi connectivity index (χ0n) is 14.6. The smallest absolute Gasteiger partial charge is 0.322 e. The highest BCUT2D eigenvalue weighted by atomic mass is 32.1. The van der Waals surface area contributed by atoms with E-state index in [0.717, 1.165) is 17.0 Å². The van der Waals surface area contributed by atoms with E-state index in [1.165, 1.54) is 35.6 Å². The molecule has 3 aromatic rings. The third-order valence-electron chi connectivity index (χ3n) is 3.79. The number of alkyl halides is 3. The minimum Gasteiger partial charge on any atom is -0.322 e. The largest absolute Gasteiger partial charge is 0.416 e. The molecule has 0 saturated heterocycles. The van der Waals surface area contributed by atoms with E-state index in [2.05, 4.69) is 10.6 Å². The maximum atomic E-state index is 12.8. The number of nitrogens with one attached hydrogen (secondary N) is 2. The fourth-order valence-electron chi connectivity index (χ4n) is 2.46. The monoisotopic (exact) mass is 404 g/mol. The van der Waals surface area contributed by atoms with Crippen molar-refractivity contribution in [2.75, 3.05) is 10.6 Å². The summed E-state index contributed by atoms with van der Waals surface area (Å²) in [5.41, 5.74) is -0.203. The highest BCUT2D eigenvalue weighted by molar-refractivity contribution is 7.14. The number of hydrogen-bond acceptors (Lipinski definition) is 3. The second-order valence-corrected chi connectivity index (χ2v) is 7.27. The van der Waals surface area contributed by atoms with Crippen LogP contribution in [0.25, 0.3) is 0 Å². The molecule has 1 aromatic heterocycles. The Kier molecular flexibility index (Phi) is 5.51. The van der Waals surface area contributed by atoms with Crippen molar-refractivity contribution in [3.63, 3.8) is 0 Å². The van der Waals surface area contributed by atoms with E-state index in [1.54, 1.807) is 18.2 Å². The number of carbonyl (C=O) groups is 2. The first kappa shape index (κ1) is 19.6. The van der Waals surface area contributed by atoms with Gasteiger partial charge < -0.3 is 10.6 Å². The van der Waals surface area contributed by atoms with Gasteiger partial charge in [0, 0.05) is 21.8 Å². The summed E-state index contributed by atoms with van der Waals surface area (Å²) in [5.74, 6) is -0.879. The summed E-state index contributed by atoms with van der Waals surface area (Å²) in [6.07, 6.45) is -4.49. The van der Waals surface area contributed by atoms with Gasteiger partial charge in [-0.2, -0.15) is 13.2 Å². The lowest BCUT2D eigenvalue weighted by Gasteiger charge is -2.10. The van der Waals surface area contributed by atoms with E-state index in [9.17, 15) is 22.8 Å². The predicted octanol–water partition coefficient (Wildman–Crippen LogP) is 5.58. The van der Waals surface area contributed by atoms with Crippen molar-refractivity contribution in [1.82, 2.24) is 0 Å². The average molecular weight is 404 g/mol. The topological polar surface area (TPSA) is 58.2 Å². The van der Waals surface area contributed by atoms with Crippen molar-refractivity contribution in [3.05, 3.63) is 81.5 Å². The van der Waals surface area contributed by atoms with Crippen molar-refractivity contribution in [1.29, 1.82) is 0 Å². The van der Waals surface area contributed by atoms with Gasteiger partial charge >= 0.3 is 6.18 Å². The Bertz CT molecular complexity index is 1030. The molecule has 8 heteroatoms. The Morgan fingerprint density at radius 2 is 1.50 bits per heavy atom. The van der Waals surface area contributed by atoms with Crippen molar-refractivity contribution in [2.24, 2.45) is 0 Å². The van der Waals surface area contributed by atoms with E-state index in [0.29, 0.717) is 10.6 Å². The summed E-state index contributed by atoms with van der Waals surface area (Å²) in [7, 11) is 0. The predicted molar refractivity (Wildman–Crippen MR) is 103 cm³/mol. The number of benzene rings is 2. The molecule has 3 rings (SSSR count). The zero-order chi connectivity index (χ0) is 20.3. The van der Waals surface area contributed by atoms with E-state index in [-0.39, 0.29) is 17.2 Å². The van der Waals surface area contributed by atoms with Gasteiger partial charge in [-0.05, 0) is 55.5 Å². The molecule has 0 atom stereocenters. The van der Waals surface area contributed by atoms with Crippen LogP contribution in [0.5, 0.6) is 0 Å². The molecule has 0 spiro atoms. The van der Waals surface area contributed by atoms with Gasteiger partial charge in [0.05, 0.1) is 10.4 Å². The first-order valence-electron chi connectivity index (χ1n) is 8.19. The second-order valence-electron chi connectivity index (χ2n) is 5.98. The second kappa shape index (κ2) is 7.85. The minimum absolute atomic E-state index is 0.0309. The Morgan fingerprint density at radius 1 is 0.857 bits per heavy atom. The Morgan fingerprint density at radius 3 is 2.14 bits per heavy atom. The van der Waals surface area contributed by atoms with Crippen molar-refractivity contribution in [2.45, 2.75) is 13.1 Å². The Labute approximate surface area is 163 Å². The number of thiophene rings is 1. The molecule has 28 heavy (non-hydrogen) atoms. The highest BCUT2D eigenvalue weighted by Crippen LogP contribution is 2.30. The van der Waals surface area contributed by atoms with Crippen LogP contribution in [-0.4, -0.2) is 11.8 Å². The summed E-state index contributed by atoms with van der Waals surface area (Å²) in [6.45, 7) is 1.89. The molecule has 1 heterocycles. The molecule has 2 amide bonds. The molecule has 0 aliphatic rings. The molecule has 0 aliphatic heterocycles. The quantitative estimate of drug-likeness (QED) is 0.596. The lowest BCUT2D eigenvalue weighted by atomic mass is 10.1. The number of halogens is 3. The summed E-state index contributed by atoms with van der Waals surface area (Å²) < 4.78 is 38.4. The van der Waals surface area contributed by atoms with Crippen LogP contribution in [0.15, 0.2) is 60.7 Å². The van der Waals surface area contributed by atoms with Crippen LogP contribution in [0.4, 0.5) is 24.5 Å². The number of anilines is 2. The van der Waals surface area contributed by atoms with Gasteiger partial charge in [-0.1, -0.05) is 12.1 Å². The lowest BCUT2D eigenvalue weighted by molar-refractivity contribution is -0.137. The molecule has 0 bridgehead atoms.